The number of fused-ring (bicyclic) bond motifs is 1. The highest BCUT2D eigenvalue weighted by Gasteiger charge is 2.26. The Kier molecular flexibility index (Phi) is 5.56. The molecule has 0 spiro atoms. The smallest absolute Gasteiger partial charge is 0.274 e. The number of amides is 1. The highest BCUT2D eigenvalue weighted by molar-refractivity contribution is 5.93. The molecule has 1 fully saturated rings. The van der Waals surface area contributed by atoms with E-state index in [1.807, 2.05) is 88.3 Å². The Morgan fingerprint density at radius 3 is 2.46 bits per heavy atom. The van der Waals surface area contributed by atoms with E-state index in [1.54, 1.807) is 10.9 Å². The minimum atomic E-state index is -0.0516. The fourth-order valence-corrected chi connectivity index (χ4v) is 4.52. The highest BCUT2D eigenvalue weighted by Crippen LogP contribution is 2.24. The topological polar surface area (TPSA) is 71.6 Å². The molecule has 0 aliphatic carbocycles. The van der Waals surface area contributed by atoms with Gasteiger partial charge in [0.2, 0.25) is 0 Å². The number of nitrogens with zero attached hydrogens (tertiary/aromatic N) is 7. The van der Waals surface area contributed by atoms with E-state index in [0.29, 0.717) is 24.6 Å². The first kappa shape index (κ1) is 21.2. The van der Waals surface area contributed by atoms with Gasteiger partial charge >= 0.3 is 0 Å². The van der Waals surface area contributed by atoms with Crippen molar-refractivity contribution < 1.29 is 4.79 Å². The average Bonchev–Trinajstić information content (AvgIpc) is 3.54. The lowest BCUT2D eigenvalue weighted by atomic mass is 10.1. The molecule has 0 unspecified atom stereocenters. The first-order valence-electron chi connectivity index (χ1n) is 11.8. The van der Waals surface area contributed by atoms with Crippen molar-refractivity contribution in [1.82, 2.24) is 33.9 Å². The minimum Gasteiger partial charge on any atom is -0.335 e. The molecule has 174 valence electrons. The van der Waals surface area contributed by atoms with E-state index in [4.69, 9.17) is 4.98 Å². The highest BCUT2D eigenvalue weighted by atomic mass is 16.2. The van der Waals surface area contributed by atoms with Crippen LogP contribution in [0.15, 0.2) is 91.4 Å². The molecule has 0 radical (unpaired) electrons. The third-order valence-electron chi connectivity index (χ3n) is 6.32. The van der Waals surface area contributed by atoms with Crippen LogP contribution in [0.1, 0.15) is 16.2 Å². The summed E-state index contributed by atoms with van der Waals surface area (Å²) in [5.74, 6) is 0.631. The van der Waals surface area contributed by atoms with E-state index in [1.165, 1.54) is 0 Å². The van der Waals surface area contributed by atoms with Crippen molar-refractivity contribution in [3.05, 3.63) is 103 Å². The summed E-state index contributed by atoms with van der Waals surface area (Å²) in [7, 11) is 0. The normalized spacial score (nSPS) is 14.5. The van der Waals surface area contributed by atoms with Gasteiger partial charge in [-0.25, -0.2) is 14.6 Å². The van der Waals surface area contributed by atoms with E-state index in [9.17, 15) is 4.79 Å². The van der Waals surface area contributed by atoms with Crippen LogP contribution in [0.4, 0.5) is 0 Å². The number of hydrogen-bond acceptors (Lipinski definition) is 5. The van der Waals surface area contributed by atoms with E-state index in [-0.39, 0.29) is 5.91 Å². The molecule has 6 rings (SSSR count). The second-order valence-electron chi connectivity index (χ2n) is 8.65. The molecule has 1 aliphatic rings. The summed E-state index contributed by atoms with van der Waals surface area (Å²) in [5, 5.41) is 4.68. The minimum absolute atomic E-state index is 0.0516. The molecule has 0 bridgehead atoms. The van der Waals surface area contributed by atoms with E-state index in [0.717, 1.165) is 42.2 Å². The molecular weight excluding hydrogens is 438 g/mol. The fraction of sp³-hybridized carbons (Fsp3) is 0.185. The number of carbonyl (C=O) groups excluding carboxylic acids is 1. The third kappa shape index (κ3) is 4.31. The summed E-state index contributed by atoms with van der Waals surface area (Å²) in [4.78, 5) is 26.8. The second-order valence-corrected chi connectivity index (χ2v) is 8.65. The number of carbonyl (C=O) groups is 1. The molecule has 4 aromatic heterocycles. The Morgan fingerprint density at radius 2 is 1.69 bits per heavy atom. The molecule has 0 atom stereocenters. The van der Waals surface area contributed by atoms with Crippen molar-refractivity contribution in [2.24, 2.45) is 0 Å². The van der Waals surface area contributed by atoms with Gasteiger partial charge in [-0.05, 0) is 30.3 Å². The van der Waals surface area contributed by atoms with Crippen LogP contribution in [0.5, 0.6) is 0 Å². The van der Waals surface area contributed by atoms with Crippen molar-refractivity contribution in [2.45, 2.75) is 6.54 Å². The van der Waals surface area contributed by atoms with Crippen molar-refractivity contribution in [1.29, 1.82) is 0 Å². The number of imidazole rings is 1. The fourth-order valence-electron chi connectivity index (χ4n) is 4.52. The summed E-state index contributed by atoms with van der Waals surface area (Å²) < 4.78 is 3.79. The van der Waals surface area contributed by atoms with Gasteiger partial charge in [0.15, 0.2) is 11.5 Å². The molecule has 1 saturated heterocycles. The van der Waals surface area contributed by atoms with Crippen LogP contribution in [0.2, 0.25) is 0 Å². The van der Waals surface area contributed by atoms with Crippen molar-refractivity contribution in [3.8, 4) is 17.1 Å². The summed E-state index contributed by atoms with van der Waals surface area (Å²) >= 11 is 0. The molecule has 0 saturated carbocycles. The Bertz CT molecular complexity index is 1360. The van der Waals surface area contributed by atoms with E-state index in [2.05, 4.69) is 21.2 Å². The van der Waals surface area contributed by atoms with Crippen molar-refractivity contribution >= 4 is 11.6 Å². The standard InChI is InChI=1S/C27H25N7O/c35-27(32-16-14-31(15-17-32)19-22-20-33-13-7-5-11-26(33)29-22)23-18-24(21-8-2-1-3-9-21)34(30-23)25-10-4-6-12-28-25/h1-13,18,20H,14-17,19H2. The zero-order valence-corrected chi connectivity index (χ0v) is 19.2. The van der Waals surface area contributed by atoms with Gasteiger partial charge in [-0.2, -0.15) is 5.10 Å². The van der Waals surface area contributed by atoms with Gasteiger partial charge in [-0.15, -0.1) is 0 Å². The Balaban J connectivity index is 1.18. The second kappa shape index (κ2) is 9.15. The molecule has 5 heterocycles. The maximum atomic E-state index is 13.4. The maximum Gasteiger partial charge on any atom is 0.274 e. The maximum absolute atomic E-state index is 13.4. The van der Waals surface area contributed by atoms with Gasteiger partial charge in [0, 0.05) is 56.9 Å². The number of rotatable bonds is 5. The zero-order valence-electron chi connectivity index (χ0n) is 19.2. The van der Waals surface area contributed by atoms with Crippen LogP contribution < -0.4 is 0 Å². The molecule has 8 heteroatoms. The van der Waals surface area contributed by atoms with E-state index >= 15 is 0 Å². The number of hydrogen-bond donors (Lipinski definition) is 0. The molecule has 8 nitrogen and oxygen atoms in total. The van der Waals surface area contributed by atoms with Crippen LogP contribution in [-0.2, 0) is 6.54 Å². The molecular formula is C27H25N7O. The molecule has 5 aromatic rings. The summed E-state index contributed by atoms with van der Waals surface area (Å²) in [6.07, 6.45) is 5.81. The predicted octanol–water partition coefficient (Wildman–Crippen LogP) is 3.54. The summed E-state index contributed by atoms with van der Waals surface area (Å²) in [6.45, 7) is 3.68. The van der Waals surface area contributed by atoms with Crippen molar-refractivity contribution in [3.63, 3.8) is 0 Å². The Labute approximate surface area is 203 Å². The Morgan fingerprint density at radius 1 is 0.886 bits per heavy atom. The van der Waals surface area contributed by atoms with Gasteiger partial charge in [0.1, 0.15) is 5.65 Å². The number of piperazine rings is 1. The first-order chi connectivity index (χ1) is 17.2. The number of pyridine rings is 2. The molecule has 1 aromatic carbocycles. The lowest BCUT2D eigenvalue weighted by Gasteiger charge is -2.33. The van der Waals surface area contributed by atoms with Crippen molar-refractivity contribution in [2.75, 3.05) is 26.2 Å². The number of benzene rings is 1. The third-order valence-corrected chi connectivity index (χ3v) is 6.32. The predicted molar refractivity (Wildman–Crippen MR) is 133 cm³/mol. The SMILES string of the molecule is O=C(c1cc(-c2ccccc2)n(-c2ccccn2)n1)N1CCN(Cc2cn3ccccc3n2)CC1. The van der Waals surface area contributed by atoms with Gasteiger partial charge in [0.25, 0.3) is 5.91 Å². The molecule has 1 aliphatic heterocycles. The molecule has 1 amide bonds. The zero-order chi connectivity index (χ0) is 23.6. The average molecular weight is 464 g/mol. The van der Waals surface area contributed by atoms with Gasteiger partial charge in [-0.3, -0.25) is 9.69 Å². The summed E-state index contributed by atoms with van der Waals surface area (Å²) in [6, 6.07) is 23.5. The lowest BCUT2D eigenvalue weighted by molar-refractivity contribution is 0.0621. The van der Waals surface area contributed by atoms with Gasteiger partial charge in [0.05, 0.1) is 11.4 Å². The van der Waals surface area contributed by atoms with Gasteiger partial charge in [-0.1, -0.05) is 42.5 Å². The number of aromatic nitrogens is 5. The van der Waals surface area contributed by atoms with Crippen LogP contribution in [0, 0.1) is 0 Å². The monoisotopic (exact) mass is 463 g/mol. The molecule has 35 heavy (non-hydrogen) atoms. The van der Waals surface area contributed by atoms with E-state index < -0.39 is 0 Å². The molecule has 0 N–H and O–H groups in total. The summed E-state index contributed by atoms with van der Waals surface area (Å²) in [5.41, 5.74) is 4.26. The van der Waals surface area contributed by atoms with Crippen LogP contribution in [-0.4, -0.2) is 66.0 Å². The van der Waals surface area contributed by atoms with Crippen LogP contribution >= 0.6 is 0 Å². The Hall–Kier alpha value is -4.30. The quantitative estimate of drug-likeness (QED) is 0.399. The largest absolute Gasteiger partial charge is 0.335 e. The van der Waals surface area contributed by atoms with Crippen LogP contribution in [0.3, 0.4) is 0 Å². The van der Waals surface area contributed by atoms with Crippen LogP contribution in [0.25, 0.3) is 22.7 Å². The lowest BCUT2D eigenvalue weighted by Crippen LogP contribution is -2.48. The van der Waals surface area contributed by atoms with Gasteiger partial charge < -0.3 is 9.30 Å². The first-order valence-corrected chi connectivity index (χ1v) is 11.8.